The van der Waals surface area contributed by atoms with Gasteiger partial charge in [0.05, 0.1) is 12.2 Å². The molecule has 1 aliphatic rings. The van der Waals surface area contributed by atoms with Crippen molar-refractivity contribution < 1.29 is 14.6 Å². The van der Waals surface area contributed by atoms with Gasteiger partial charge >= 0.3 is 5.97 Å². The summed E-state index contributed by atoms with van der Waals surface area (Å²) in [6, 6.07) is 13.0. The molecule has 108 valence electrons. The van der Waals surface area contributed by atoms with Crippen LogP contribution in [-0.2, 0) is 0 Å². The second-order valence-corrected chi connectivity index (χ2v) is 5.62. The zero-order valence-corrected chi connectivity index (χ0v) is 12.0. The number of aryl methyl sites for hydroxylation is 1. The molecule has 0 atom stereocenters. The second-order valence-electron chi connectivity index (χ2n) is 5.62. The first kappa shape index (κ1) is 13.7. The zero-order valence-electron chi connectivity index (χ0n) is 12.0. The second kappa shape index (κ2) is 5.60. The van der Waals surface area contributed by atoms with E-state index in [1.807, 2.05) is 37.3 Å². The summed E-state index contributed by atoms with van der Waals surface area (Å²) in [5.41, 5.74) is 3.47. The van der Waals surface area contributed by atoms with Crippen molar-refractivity contribution >= 4 is 5.97 Å². The first-order chi connectivity index (χ1) is 10.1. The summed E-state index contributed by atoms with van der Waals surface area (Å²) in [7, 11) is 0. The minimum atomic E-state index is -0.904. The fourth-order valence-electron chi connectivity index (χ4n) is 2.23. The minimum Gasteiger partial charge on any atom is -0.493 e. The summed E-state index contributed by atoms with van der Waals surface area (Å²) < 4.78 is 5.89. The summed E-state index contributed by atoms with van der Waals surface area (Å²) in [4.78, 5) is 10.9. The van der Waals surface area contributed by atoms with Crippen molar-refractivity contribution in [1.29, 1.82) is 0 Å². The average Bonchev–Trinajstić information content (AvgIpc) is 3.31. The molecule has 3 rings (SSSR count). The number of hydrogen-bond acceptors (Lipinski definition) is 2. The van der Waals surface area contributed by atoms with Crippen molar-refractivity contribution in [3.8, 4) is 16.9 Å². The van der Waals surface area contributed by atoms with E-state index in [2.05, 4.69) is 0 Å². The van der Waals surface area contributed by atoms with E-state index in [1.165, 1.54) is 12.8 Å². The Labute approximate surface area is 124 Å². The zero-order chi connectivity index (χ0) is 14.8. The summed E-state index contributed by atoms with van der Waals surface area (Å²) in [5.74, 6) is 0.739. The number of carboxylic acids is 1. The largest absolute Gasteiger partial charge is 0.493 e. The van der Waals surface area contributed by atoms with Crippen LogP contribution in [0.25, 0.3) is 11.1 Å². The van der Waals surface area contributed by atoms with Crippen LogP contribution >= 0.6 is 0 Å². The molecule has 0 amide bonds. The van der Waals surface area contributed by atoms with Crippen LogP contribution in [0.2, 0.25) is 0 Å². The Morgan fingerprint density at radius 1 is 1.14 bits per heavy atom. The van der Waals surface area contributed by atoms with Crippen molar-refractivity contribution in [1.82, 2.24) is 0 Å². The lowest BCUT2D eigenvalue weighted by Crippen LogP contribution is -2.00. The van der Waals surface area contributed by atoms with Gasteiger partial charge in [0.15, 0.2) is 0 Å². The molecular formula is C18H18O3. The van der Waals surface area contributed by atoms with Crippen LogP contribution in [0.4, 0.5) is 0 Å². The van der Waals surface area contributed by atoms with Crippen LogP contribution in [-0.4, -0.2) is 17.7 Å². The number of hydrogen-bond donors (Lipinski definition) is 1. The maximum atomic E-state index is 10.9. The van der Waals surface area contributed by atoms with Crippen LogP contribution in [0.15, 0.2) is 42.5 Å². The van der Waals surface area contributed by atoms with Gasteiger partial charge in [-0.25, -0.2) is 4.79 Å². The third kappa shape index (κ3) is 3.24. The first-order valence-electron chi connectivity index (χ1n) is 7.20. The number of ether oxygens (including phenoxy) is 1. The molecule has 3 heteroatoms. The van der Waals surface area contributed by atoms with Gasteiger partial charge in [-0.15, -0.1) is 0 Å². The Balaban J connectivity index is 1.83. The number of carbonyl (C=O) groups is 1. The third-order valence-electron chi connectivity index (χ3n) is 3.82. The van der Waals surface area contributed by atoms with Gasteiger partial charge in [0.1, 0.15) is 5.75 Å². The van der Waals surface area contributed by atoms with Crippen LogP contribution in [0.3, 0.4) is 0 Å². The highest BCUT2D eigenvalue weighted by atomic mass is 16.5. The molecule has 1 N–H and O–H groups in total. The monoisotopic (exact) mass is 282 g/mol. The number of benzene rings is 2. The van der Waals surface area contributed by atoms with Crippen molar-refractivity contribution in [2.45, 2.75) is 19.8 Å². The Kier molecular flexibility index (Phi) is 3.65. The summed E-state index contributed by atoms with van der Waals surface area (Å²) in [6.07, 6.45) is 2.55. The van der Waals surface area contributed by atoms with Crippen molar-refractivity contribution in [2.24, 2.45) is 5.92 Å². The molecule has 0 radical (unpaired) electrons. The summed E-state index contributed by atoms with van der Waals surface area (Å²) in [5, 5.41) is 8.93. The molecule has 3 nitrogen and oxygen atoms in total. The Bertz CT molecular complexity index is 655. The number of aromatic carboxylic acids is 1. The van der Waals surface area contributed by atoms with Gasteiger partial charge in [0, 0.05) is 0 Å². The maximum Gasteiger partial charge on any atom is 0.335 e. The smallest absolute Gasteiger partial charge is 0.335 e. The van der Waals surface area contributed by atoms with Crippen molar-refractivity contribution in [3.05, 3.63) is 53.6 Å². The van der Waals surface area contributed by atoms with Gasteiger partial charge in [-0.3, -0.25) is 0 Å². The van der Waals surface area contributed by atoms with Crippen molar-refractivity contribution in [2.75, 3.05) is 6.61 Å². The first-order valence-corrected chi connectivity index (χ1v) is 7.20. The van der Waals surface area contributed by atoms with E-state index in [0.717, 1.165) is 35.0 Å². The molecule has 0 bridgehead atoms. The predicted octanol–water partition coefficient (Wildman–Crippen LogP) is 4.15. The highest BCUT2D eigenvalue weighted by Gasteiger charge is 2.22. The fourth-order valence-corrected chi connectivity index (χ4v) is 2.23. The molecule has 1 fully saturated rings. The molecule has 0 saturated heterocycles. The molecular weight excluding hydrogens is 264 g/mol. The standard InChI is InChI=1S/C18H18O3/c1-12-2-5-16(10-17(12)21-11-13-3-4-13)14-6-8-15(9-7-14)18(19)20/h2,5-10,13H,3-4,11H2,1H3,(H,19,20). The predicted molar refractivity (Wildman–Crippen MR) is 81.8 cm³/mol. The van der Waals surface area contributed by atoms with Crippen LogP contribution in [0, 0.1) is 12.8 Å². The quantitative estimate of drug-likeness (QED) is 0.896. The average molecular weight is 282 g/mol. The van der Waals surface area contributed by atoms with E-state index < -0.39 is 5.97 Å². The molecule has 0 spiro atoms. The maximum absolute atomic E-state index is 10.9. The van der Waals surface area contributed by atoms with Gasteiger partial charge in [-0.2, -0.15) is 0 Å². The SMILES string of the molecule is Cc1ccc(-c2ccc(C(=O)O)cc2)cc1OCC1CC1. The van der Waals surface area contributed by atoms with Crippen LogP contribution < -0.4 is 4.74 Å². The molecule has 0 aromatic heterocycles. The third-order valence-corrected chi connectivity index (χ3v) is 3.82. The van der Waals surface area contributed by atoms with Gasteiger partial charge < -0.3 is 9.84 Å². The van der Waals surface area contributed by atoms with Gasteiger partial charge in [-0.05, 0) is 60.6 Å². The van der Waals surface area contributed by atoms with E-state index >= 15 is 0 Å². The molecule has 2 aromatic carbocycles. The molecule has 21 heavy (non-hydrogen) atoms. The van der Waals surface area contributed by atoms with E-state index in [9.17, 15) is 4.79 Å². The van der Waals surface area contributed by atoms with Gasteiger partial charge in [0.25, 0.3) is 0 Å². The van der Waals surface area contributed by atoms with Gasteiger partial charge in [-0.1, -0.05) is 24.3 Å². The fraction of sp³-hybridized carbons (Fsp3) is 0.278. The molecule has 0 unspecified atom stereocenters. The Morgan fingerprint density at radius 3 is 2.43 bits per heavy atom. The van der Waals surface area contributed by atoms with Crippen LogP contribution in [0.1, 0.15) is 28.8 Å². The van der Waals surface area contributed by atoms with E-state index in [0.29, 0.717) is 5.56 Å². The molecule has 0 heterocycles. The molecule has 2 aromatic rings. The number of carboxylic acid groups (broad SMARTS) is 1. The van der Waals surface area contributed by atoms with E-state index in [4.69, 9.17) is 9.84 Å². The lowest BCUT2D eigenvalue weighted by molar-refractivity contribution is 0.0697. The molecule has 1 aliphatic carbocycles. The molecule has 1 saturated carbocycles. The lowest BCUT2D eigenvalue weighted by Gasteiger charge is -2.11. The Hall–Kier alpha value is -2.29. The highest BCUT2D eigenvalue weighted by Crippen LogP contribution is 2.32. The number of rotatable bonds is 5. The van der Waals surface area contributed by atoms with E-state index in [-0.39, 0.29) is 0 Å². The Morgan fingerprint density at radius 2 is 1.81 bits per heavy atom. The van der Waals surface area contributed by atoms with Gasteiger partial charge in [0.2, 0.25) is 0 Å². The summed E-state index contributed by atoms with van der Waals surface area (Å²) >= 11 is 0. The van der Waals surface area contributed by atoms with Crippen LogP contribution in [0.5, 0.6) is 5.75 Å². The topological polar surface area (TPSA) is 46.5 Å². The minimum absolute atomic E-state index is 0.302. The lowest BCUT2D eigenvalue weighted by atomic mass is 10.0. The van der Waals surface area contributed by atoms with E-state index in [1.54, 1.807) is 12.1 Å². The molecule has 0 aliphatic heterocycles. The normalized spacial score (nSPS) is 14.0. The van der Waals surface area contributed by atoms with Crippen molar-refractivity contribution in [3.63, 3.8) is 0 Å². The highest BCUT2D eigenvalue weighted by molar-refractivity contribution is 5.88. The summed E-state index contributed by atoms with van der Waals surface area (Å²) in [6.45, 7) is 2.84.